The van der Waals surface area contributed by atoms with Gasteiger partial charge in [-0.25, -0.2) is 0 Å². The summed E-state index contributed by atoms with van der Waals surface area (Å²) in [7, 11) is 0. The first-order valence-electron chi connectivity index (χ1n) is 6.16. The molecule has 98 valence electrons. The zero-order chi connectivity index (χ0) is 13.9. The molecule has 0 amide bonds. The maximum atomic E-state index is 12.0. The lowest BCUT2D eigenvalue weighted by Crippen LogP contribution is -2.20. The highest BCUT2D eigenvalue weighted by Gasteiger charge is 2.04. The Kier molecular flexibility index (Phi) is 3.48. The summed E-state index contributed by atoms with van der Waals surface area (Å²) in [6.07, 6.45) is 0. The second kappa shape index (κ2) is 5.43. The van der Waals surface area contributed by atoms with E-state index in [0.717, 1.165) is 21.4 Å². The summed E-state index contributed by atoms with van der Waals surface area (Å²) in [5.41, 5.74) is 2.35. The average molecular weight is 327 g/mol. The van der Waals surface area contributed by atoms with Gasteiger partial charge in [0, 0.05) is 16.1 Å². The van der Waals surface area contributed by atoms with Crippen LogP contribution in [0.25, 0.3) is 16.9 Å². The van der Waals surface area contributed by atoms with Crippen LogP contribution < -0.4 is 5.56 Å². The Labute approximate surface area is 124 Å². The molecule has 0 unspecified atom stereocenters. The van der Waals surface area contributed by atoms with E-state index in [-0.39, 0.29) is 5.56 Å². The minimum absolute atomic E-state index is 0.142. The van der Waals surface area contributed by atoms with Crippen molar-refractivity contribution in [2.45, 2.75) is 0 Å². The van der Waals surface area contributed by atoms with Crippen LogP contribution in [0.3, 0.4) is 0 Å². The van der Waals surface area contributed by atoms with E-state index in [2.05, 4.69) is 21.0 Å². The van der Waals surface area contributed by atoms with Crippen molar-refractivity contribution < 1.29 is 0 Å². The molecular formula is C16H11BrN2O. The van der Waals surface area contributed by atoms with Gasteiger partial charge in [0.1, 0.15) is 0 Å². The molecule has 0 fully saturated rings. The first-order chi connectivity index (χ1) is 9.74. The third-order valence-corrected chi connectivity index (χ3v) is 3.47. The van der Waals surface area contributed by atoms with Crippen molar-refractivity contribution in [3.05, 3.63) is 81.6 Å². The normalized spacial score (nSPS) is 10.4. The second-order valence-corrected chi connectivity index (χ2v) is 5.23. The molecule has 20 heavy (non-hydrogen) atoms. The molecule has 1 heterocycles. The molecule has 0 radical (unpaired) electrons. The van der Waals surface area contributed by atoms with Crippen molar-refractivity contribution in [2.75, 3.05) is 0 Å². The number of para-hydroxylation sites is 1. The summed E-state index contributed by atoms with van der Waals surface area (Å²) >= 11 is 3.41. The fraction of sp³-hybridized carbons (Fsp3) is 0. The van der Waals surface area contributed by atoms with E-state index in [0.29, 0.717) is 0 Å². The van der Waals surface area contributed by atoms with Crippen LogP contribution in [0.15, 0.2) is 76.0 Å². The Balaban J connectivity index is 2.12. The van der Waals surface area contributed by atoms with Crippen LogP contribution in [0.1, 0.15) is 0 Å². The maximum absolute atomic E-state index is 12.0. The van der Waals surface area contributed by atoms with Crippen molar-refractivity contribution >= 4 is 15.9 Å². The fourth-order valence-corrected chi connectivity index (χ4v) is 2.20. The Morgan fingerprint density at radius 2 is 1.55 bits per heavy atom. The molecule has 0 saturated carbocycles. The number of benzene rings is 2. The predicted octanol–water partition coefficient (Wildman–Crippen LogP) is 3.66. The highest BCUT2D eigenvalue weighted by Crippen LogP contribution is 2.19. The van der Waals surface area contributed by atoms with E-state index in [1.165, 1.54) is 10.7 Å². The van der Waals surface area contributed by atoms with Gasteiger partial charge < -0.3 is 0 Å². The molecule has 0 saturated heterocycles. The highest BCUT2D eigenvalue weighted by atomic mass is 79.9. The van der Waals surface area contributed by atoms with Gasteiger partial charge in [0.2, 0.25) is 0 Å². The van der Waals surface area contributed by atoms with Gasteiger partial charge in [-0.15, -0.1) is 0 Å². The fourth-order valence-electron chi connectivity index (χ4n) is 1.94. The zero-order valence-corrected chi connectivity index (χ0v) is 12.1. The number of nitrogens with zero attached hydrogens (tertiary/aromatic N) is 2. The zero-order valence-electron chi connectivity index (χ0n) is 10.5. The van der Waals surface area contributed by atoms with Crippen molar-refractivity contribution in [1.82, 2.24) is 9.78 Å². The average Bonchev–Trinajstić information content (AvgIpc) is 2.50. The van der Waals surface area contributed by atoms with Crippen LogP contribution in [-0.4, -0.2) is 9.78 Å². The molecule has 1 aromatic heterocycles. The number of rotatable bonds is 2. The van der Waals surface area contributed by atoms with E-state index in [1.54, 1.807) is 6.07 Å². The monoisotopic (exact) mass is 326 g/mol. The van der Waals surface area contributed by atoms with Gasteiger partial charge >= 0.3 is 0 Å². The minimum atomic E-state index is -0.142. The molecule has 3 aromatic rings. The summed E-state index contributed by atoms with van der Waals surface area (Å²) in [6, 6.07) is 20.5. The SMILES string of the molecule is O=c1ccc(-c2ccc(Br)cc2)nn1-c1ccccc1. The van der Waals surface area contributed by atoms with E-state index in [1.807, 2.05) is 54.6 Å². The van der Waals surface area contributed by atoms with E-state index in [9.17, 15) is 4.79 Å². The van der Waals surface area contributed by atoms with Crippen molar-refractivity contribution in [3.63, 3.8) is 0 Å². The topological polar surface area (TPSA) is 34.9 Å². The summed E-state index contributed by atoms with van der Waals surface area (Å²) in [6.45, 7) is 0. The van der Waals surface area contributed by atoms with Crippen LogP contribution in [0.2, 0.25) is 0 Å². The Morgan fingerprint density at radius 1 is 0.850 bits per heavy atom. The Morgan fingerprint density at radius 3 is 2.25 bits per heavy atom. The summed E-state index contributed by atoms with van der Waals surface area (Å²) in [5, 5.41) is 4.43. The van der Waals surface area contributed by atoms with Gasteiger partial charge in [0.25, 0.3) is 5.56 Å². The summed E-state index contributed by atoms with van der Waals surface area (Å²) in [5.74, 6) is 0. The lowest BCUT2D eigenvalue weighted by atomic mass is 10.1. The number of halogens is 1. The van der Waals surface area contributed by atoms with E-state index in [4.69, 9.17) is 0 Å². The quantitative estimate of drug-likeness (QED) is 0.720. The number of hydrogen-bond donors (Lipinski definition) is 0. The molecule has 0 atom stereocenters. The van der Waals surface area contributed by atoms with Crippen molar-refractivity contribution in [2.24, 2.45) is 0 Å². The second-order valence-electron chi connectivity index (χ2n) is 4.31. The lowest BCUT2D eigenvalue weighted by molar-refractivity contribution is 0.812. The predicted molar refractivity (Wildman–Crippen MR) is 83.0 cm³/mol. The smallest absolute Gasteiger partial charge is 0.267 e. The van der Waals surface area contributed by atoms with Crippen LogP contribution in [0.5, 0.6) is 0 Å². The lowest BCUT2D eigenvalue weighted by Gasteiger charge is -2.07. The molecule has 3 rings (SSSR count). The van der Waals surface area contributed by atoms with Gasteiger partial charge in [-0.1, -0.05) is 46.3 Å². The van der Waals surface area contributed by atoms with Gasteiger partial charge in [0.15, 0.2) is 0 Å². The molecule has 0 aliphatic rings. The molecule has 0 spiro atoms. The standard InChI is InChI=1S/C16H11BrN2O/c17-13-8-6-12(7-9-13)15-10-11-16(20)19(18-15)14-4-2-1-3-5-14/h1-11H. The number of aromatic nitrogens is 2. The summed E-state index contributed by atoms with van der Waals surface area (Å²) in [4.78, 5) is 12.0. The van der Waals surface area contributed by atoms with E-state index >= 15 is 0 Å². The third kappa shape index (κ3) is 2.56. The molecular weight excluding hydrogens is 316 g/mol. The number of hydrogen-bond acceptors (Lipinski definition) is 2. The largest absolute Gasteiger partial charge is 0.271 e. The maximum Gasteiger partial charge on any atom is 0.271 e. The Hall–Kier alpha value is -2.20. The summed E-state index contributed by atoms with van der Waals surface area (Å²) < 4.78 is 2.43. The van der Waals surface area contributed by atoms with Crippen LogP contribution in [0.4, 0.5) is 0 Å². The van der Waals surface area contributed by atoms with Gasteiger partial charge in [-0.3, -0.25) is 4.79 Å². The molecule has 2 aromatic carbocycles. The molecule has 0 N–H and O–H groups in total. The third-order valence-electron chi connectivity index (χ3n) is 2.94. The van der Waals surface area contributed by atoms with E-state index < -0.39 is 0 Å². The molecule has 0 aliphatic carbocycles. The van der Waals surface area contributed by atoms with Gasteiger partial charge in [-0.2, -0.15) is 9.78 Å². The molecule has 3 nitrogen and oxygen atoms in total. The van der Waals surface area contributed by atoms with Crippen molar-refractivity contribution in [3.8, 4) is 16.9 Å². The molecule has 0 bridgehead atoms. The first kappa shape index (κ1) is 12.8. The van der Waals surface area contributed by atoms with Crippen LogP contribution in [-0.2, 0) is 0 Å². The molecule has 0 aliphatic heterocycles. The minimum Gasteiger partial charge on any atom is -0.267 e. The van der Waals surface area contributed by atoms with Crippen molar-refractivity contribution in [1.29, 1.82) is 0 Å². The first-order valence-corrected chi connectivity index (χ1v) is 6.95. The van der Waals surface area contributed by atoms with Gasteiger partial charge in [0.05, 0.1) is 11.4 Å². The molecule has 4 heteroatoms. The van der Waals surface area contributed by atoms with Gasteiger partial charge in [-0.05, 0) is 30.3 Å². The highest BCUT2D eigenvalue weighted by molar-refractivity contribution is 9.10. The van der Waals surface area contributed by atoms with Crippen LogP contribution in [0, 0.1) is 0 Å². The van der Waals surface area contributed by atoms with Crippen LogP contribution >= 0.6 is 15.9 Å². The Bertz CT molecular complexity index is 780.